The highest BCUT2D eigenvalue weighted by Crippen LogP contribution is 2.30. The lowest BCUT2D eigenvalue weighted by atomic mass is 9.82. The molecule has 0 radical (unpaired) electrons. The van der Waals surface area contributed by atoms with Crippen LogP contribution in [0.3, 0.4) is 0 Å². The van der Waals surface area contributed by atoms with E-state index in [0.29, 0.717) is 25.1 Å². The molecule has 0 aromatic heterocycles. The van der Waals surface area contributed by atoms with E-state index >= 15 is 0 Å². The molecule has 7 heteroatoms. The lowest BCUT2D eigenvalue weighted by Gasteiger charge is -2.34. The molecule has 0 unspecified atom stereocenters. The Morgan fingerprint density at radius 3 is 2.70 bits per heavy atom. The molecule has 0 spiro atoms. The maximum absolute atomic E-state index is 12.5. The van der Waals surface area contributed by atoms with Crippen LogP contribution < -0.4 is 5.73 Å². The first kappa shape index (κ1) is 14.8. The van der Waals surface area contributed by atoms with E-state index in [-0.39, 0.29) is 22.5 Å². The second-order valence-electron chi connectivity index (χ2n) is 5.14. The number of aliphatic hydroxyl groups is 1. The van der Waals surface area contributed by atoms with Crippen molar-refractivity contribution in [1.82, 2.24) is 4.31 Å². The van der Waals surface area contributed by atoms with Crippen LogP contribution in [0.1, 0.15) is 18.4 Å². The van der Waals surface area contributed by atoms with Crippen LogP contribution in [-0.4, -0.2) is 37.5 Å². The van der Waals surface area contributed by atoms with Gasteiger partial charge in [0.15, 0.2) is 0 Å². The number of sulfonamides is 1. The minimum atomic E-state index is -3.71. The number of nitrogens with zero attached hydrogens (tertiary/aromatic N) is 2. The summed E-state index contributed by atoms with van der Waals surface area (Å²) in [6.45, 7) is 0.342. The van der Waals surface area contributed by atoms with E-state index in [2.05, 4.69) is 0 Å². The van der Waals surface area contributed by atoms with Gasteiger partial charge < -0.3 is 10.8 Å². The third-order valence-corrected chi connectivity index (χ3v) is 5.42. The smallest absolute Gasteiger partial charge is 0.244 e. The Labute approximate surface area is 118 Å². The average molecular weight is 295 g/mol. The van der Waals surface area contributed by atoms with Gasteiger partial charge in [-0.1, -0.05) is 0 Å². The number of nitrogens with two attached hydrogens (primary N) is 1. The lowest BCUT2D eigenvalue weighted by molar-refractivity contribution is 0.0367. The molecule has 1 aromatic carbocycles. The molecule has 3 N–H and O–H groups in total. The van der Waals surface area contributed by atoms with Crippen LogP contribution in [0.15, 0.2) is 23.1 Å². The molecule has 6 nitrogen and oxygen atoms in total. The predicted molar refractivity (Wildman–Crippen MR) is 74.1 cm³/mol. The summed E-state index contributed by atoms with van der Waals surface area (Å²) in [5, 5.41) is 18.3. The molecule has 20 heavy (non-hydrogen) atoms. The summed E-state index contributed by atoms with van der Waals surface area (Å²) in [6.07, 6.45) is 0.918. The summed E-state index contributed by atoms with van der Waals surface area (Å²) in [6, 6.07) is 6.04. The zero-order valence-corrected chi connectivity index (χ0v) is 12.0. The number of benzene rings is 1. The van der Waals surface area contributed by atoms with Crippen molar-refractivity contribution in [1.29, 1.82) is 5.26 Å². The van der Waals surface area contributed by atoms with Gasteiger partial charge in [-0.25, -0.2) is 12.7 Å². The van der Waals surface area contributed by atoms with Crippen LogP contribution in [0, 0.1) is 17.2 Å². The Bertz CT molecular complexity index is 645. The summed E-state index contributed by atoms with van der Waals surface area (Å²) < 4.78 is 26.1. The van der Waals surface area contributed by atoms with Gasteiger partial charge in [-0.05, 0) is 37.0 Å². The minimum absolute atomic E-state index is 0.0310. The summed E-state index contributed by atoms with van der Waals surface area (Å²) in [4.78, 5) is -0.0310. The van der Waals surface area contributed by atoms with E-state index in [9.17, 15) is 13.5 Å². The summed E-state index contributed by atoms with van der Waals surface area (Å²) in [5.41, 5.74) is 5.96. The second kappa shape index (κ2) is 5.40. The Kier molecular flexibility index (Phi) is 3.99. The number of nitrogen functional groups attached to an aromatic ring is 1. The van der Waals surface area contributed by atoms with Gasteiger partial charge in [0.2, 0.25) is 10.0 Å². The molecule has 0 heterocycles. The van der Waals surface area contributed by atoms with Crippen LogP contribution in [0.5, 0.6) is 0 Å². The van der Waals surface area contributed by atoms with E-state index in [1.807, 2.05) is 6.07 Å². The number of aliphatic hydroxyl groups excluding tert-OH is 1. The Balaban J connectivity index is 2.24. The number of hydrogen-bond acceptors (Lipinski definition) is 5. The maximum Gasteiger partial charge on any atom is 0.244 e. The quantitative estimate of drug-likeness (QED) is 0.788. The van der Waals surface area contributed by atoms with Crippen molar-refractivity contribution >= 4 is 15.7 Å². The van der Waals surface area contributed by atoms with Gasteiger partial charge in [-0.2, -0.15) is 5.26 Å². The monoisotopic (exact) mass is 295 g/mol. The standard InChI is InChI=1S/C13H17N3O3S/c1-16(8-9-4-12(17)5-9)20(18,19)13-3-2-11(15)6-10(13)7-14/h2-3,6,9,12,17H,4-5,8,15H2,1H3. The van der Waals surface area contributed by atoms with Gasteiger partial charge in [-0.15, -0.1) is 0 Å². The van der Waals surface area contributed by atoms with Crippen LogP contribution in [0.25, 0.3) is 0 Å². The number of anilines is 1. The normalized spacial score (nSPS) is 22.3. The lowest BCUT2D eigenvalue weighted by Crippen LogP contribution is -2.39. The number of hydrogen-bond donors (Lipinski definition) is 2. The van der Waals surface area contributed by atoms with Crippen LogP contribution in [0.2, 0.25) is 0 Å². The largest absolute Gasteiger partial charge is 0.399 e. The molecule has 1 aliphatic rings. The number of nitriles is 1. The fourth-order valence-corrected chi connectivity index (χ4v) is 3.70. The minimum Gasteiger partial charge on any atom is -0.399 e. The second-order valence-corrected chi connectivity index (χ2v) is 7.16. The first-order valence-electron chi connectivity index (χ1n) is 6.28. The van der Waals surface area contributed by atoms with Crippen molar-refractivity contribution < 1.29 is 13.5 Å². The summed E-state index contributed by atoms with van der Waals surface area (Å²) in [7, 11) is -2.23. The van der Waals surface area contributed by atoms with Crippen molar-refractivity contribution in [2.75, 3.05) is 19.3 Å². The van der Waals surface area contributed by atoms with E-state index in [1.165, 1.54) is 29.6 Å². The van der Waals surface area contributed by atoms with Gasteiger partial charge in [0.05, 0.1) is 11.7 Å². The van der Waals surface area contributed by atoms with Gasteiger partial charge >= 0.3 is 0 Å². The van der Waals surface area contributed by atoms with Crippen LogP contribution in [-0.2, 0) is 10.0 Å². The zero-order chi connectivity index (χ0) is 14.9. The van der Waals surface area contributed by atoms with Gasteiger partial charge in [0.25, 0.3) is 0 Å². The van der Waals surface area contributed by atoms with Crippen molar-refractivity contribution in [2.45, 2.75) is 23.8 Å². The Morgan fingerprint density at radius 2 is 2.15 bits per heavy atom. The topological polar surface area (TPSA) is 107 Å². The molecule has 1 saturated carbocycles. The van der Waals surface area contributed by atoms with Crippen molar-refractivity contribution in [2.24, 2.45) is 5.92 Å². The van der Waals surface area contributed by atoms with Crippen molar-refractivity contribution in [3.8, 4) is 6.07 Å². The molecule has 0 atom stereocenters. The summed E-state index contributed by atoms with van der Waals surface area (Å²) in [5.74, 6) is 0.170. The number of rotatable bonds is 4. The predicted octanol–water partition coefficient (Wildman–Crippen LogP) is 0.532. The molecule has 1 fully saturated rings. The fraction of sp³-hybridized carbons (Fsp3) is 0.462. The molecular formula is C13H17N3O3S. The first-order chi connectivity index (χ1) is 9.34. The highest BCUT2D eigenvalue weighted by atomic mass is 32.2. The molecule has 1 aromatic rings. The molecule has 0 aliphatic heterocycles. The molecule has 0 saturated heterocycles. The first-order valence-corrected chi connectivity index (χ1v) is 7.72. The Morgan fingerprint density at radius 1 is 1.50 bits per heavy atom. The zero-order valence-electron chi connectivity index (χ0n) is 11.2. The molecule has 2 rings (SSSR count). The van der Waals surface area contributed by atoms with E-state index in [1.54, 1.807) is 0 Å². The van der Waals surface area contributed by atoms with Gasteiger partial charge in [0.1, 0.15) is 11.0 Å². The van der Waals surface area contributed by atoms with Gasteiger partial charge in [0, 0.05) is 19.3 Å². The SMILES string of the molecule is CN(CC1CC(O)C1)S(=O)(=O)c1ccc(N)cc1C#N. The maximum atomic E-state index is 12.5. The summed E-state index contributed by atoms with van der Waals surface area (Å²) >= 11 is 0. The van der Waals surface area contributed by atoms with E-state index in [4.69, 9.17) is 11.0 Å². The molecule has 1 aliphatic carbocycles. The average Bonchev–Trinajstić information content (AvgIpc) is 2.36. The van der Waals surface area contributed by atoms with Crippen LogP contribution >= 0.6 is 0 Å². The van der Waals surface area contributed by atoms with Crippen molar-refractivity contribution in [3.63, 3.8) is 0 Å². The Hall–Kier alpha value is -1.62. The fourth-order valence-electron chi connectivity index (χ4n) is 2.34. The third-order valence-electron chi connectivity index (χ3n) is 3.54. The van der Waals surface area contributed by atoms with Crippen molar-refractivity contribution in [3.05, 3.63) is 23.8 Å². The van der Waals surface area contributed by atoms with E-state index < -0.39 is 10.0 Å². The highest BCUT2D eigenvalue weighted by Gasteiger charge is 2.32. The molecule has 0 amide bonds. The molecular weight excluding hydrogens is 278 g/mol. The molecule has 108 valence electrons. The highest BCUT2D eigenvalue weighted by molar-refractivity contribution is 7.89. The van der Waals surface area contributed by atoms with Gasteiger partial charge in [-0.3, -0.25) is 0 Å². The van der Waals surface area contributed by atoms with Crippen LogP contribution in [0.4, 0.5) is 5.69 Å². The van der Waals surface area contributed by atoms with E-state index in [0.717, 1.165) is 0 Å². The molecule has 0 bridgehead atoms. The third kappa shape index (κ3) is 2.77.